The van der Waals surface area contributed by atoms with Crippen molar-refractivity contribution >= 4 is 33.4 Å². The Hall–Kier alpha value is -4.32. The SMILES string of the molecule is C=CCOC12Oc3ccc(OC(=O)NCCCCCCCCCCCC)cc3C3C(CCCCO)C(CCCCO)C=C(C(=NOC4CCCCO4)CC1N(CCC)S(=O)(=O)c1ccc(NC(C)=O)cc1)C32. The summed E-state index contributed by atoms with van der Waals surface area (Å²) >= 11 is 0. The van der Waals surface area contributed by atoms with Gasteiger partial charge in [-0.05, 0) is 111 Å². The lowest BCUT2D eigenvalue weighted by molar-refractivity contribution is -0.251. The zero-order chi connectivity index (χ0) is 51.4. The van der Waals surface area contributed by atoms with Gasteiger partial charge < -0.3 is 44.6 Å². The number of aliphatic hydroxyl groups excluding tert-OH is 2. The Balaban J connectivity index is 1.43. The monoisotopic (exact) mass is 1020 g/mol. The van der Waals surface area contributed by atoms with Gasteiger partial charge in [-0.3, -0.25) is 4.79 Å². The Morgan fingerprint density at radius 3 is 2.26 bits per heavy atom. The minimum absolute atomic E-state index is 0.0299. The van der Waals surface area contributed by atoms with Crippen LogP contribution in [0.1, 0.15) is 167 Å². The van der Waals surface area contributed by atoms with Crippen molar-refractivity contribution in [2.24, 2.45) is 22.9 Å². The van der Waals surface area contributed by atoms with Gasteiger partial charge in [0.05, 0.1) is 35.8 Å². The highest BCUT2D eigenvalue weighted by atomic mass is 32.2. The summed E-state index contributed by atoms with van der Waals surface area (Å²) in [6.07, 6.45) is 21.9. The lowest BCUT2D eigenvalue weighted by Gasteiger charge is -2.59. The number of sulfonamides is 1. The third-order valence-corrected chi connectivity index (χ3v) is 16.6. The van der Waals surface area contributed by atoms with Crippen LogP contribution in [0.15, 0.2) is 76.8 Å². The molecule has 2 aliphatic heterocycles. The number of carbonyl (C=O) groups is 2. The second kappa shape index (κ2) is 28.9. The molecule has 2 aromatic carbocycles. The molecule has 0 radical (unpaired) electrons. The lowest BCUT2D eigenvalue weighted by Crippen LogP contribution is -2.70. The predicted octanol–water partition coefficient (Wildman–Crippen LogP) is 10.9. The van der Waals surface area contributed by atoms with E-state index < -0.39 is 46.1 Å². The van der Waals surface area contributed by atoms with Crippen LogP contribution in [0, 0.1) is 17.8 Å². The molecule has 0 spiro atoms. The average Bonchev–Trinajstić information content (AvgIpc) is 3.37. The molecule has 1 saturated heterocycles. The first-order valence-corrected chi connectivity index (χ1v) is 28.7. The molecule has 72 heavy (non-hydrogen) atoms. The number of nitrogens with zero attached hydrogens (tertiary/aromatic N) is 2. The molecular weight excluding hydrogens is 937 g/mol. The molecule has 0 bridgehead atoms. The predicted molar refractivity (Wildman–Crippen MR) is 280 cm³/mol. The number of carbonyl (C=O) groups excluding carboxylic acids is 2. The highest BCUT2D eigenvalue weighted by molar-refractivity contribution is 7.89. The van der Waals surface area contributed by atoms with E-state index in [0.29, 0.717) is 68.2 Å². The van der Waals surface area contributed by atoms with E-state index >= 15 is 8.42 Å². The highest BCUT2D eigenvalue weighted by Gasteiger charge is 2.66. The molecule has 400 valence electrons. The summed E-state index contributed by atoms with van der Waals surface area (Å²) in [4.78, 5) is 31.6. The van der Waals surface area contributed by atoms with Crippen molar-refractivity contribution in [1.29, 1.82) is 0 Å². The maximum atomic E-state index is 15.3. The fourth-order valence-electron chi connectivity index (χ4n) is 11.3. The van der Waals surface area contributed by atoms with Crippen molar-refractivity contribution in [3.63, 3.8) is 0 Å². The number of benzene rings is 2. The Morgan fingerprint density at radius 1 is 0.903 bits per heavy atom. The number of aliphatic hydroxyl groups is 2. The van der Waals surface area contributed by atoms with E-state index in [2.05, 4.69) is 30.2 Å². The van der Waals surface area contributed by atoms with Crippen molar-refractivity contribution in [2.75, 3.05) is 44.8 Å². The average molecular weight is 1020 g/mol. The van der Waals surface area contributed by atoms with E-state index in [0.717, 1.165) is 62.5 Å². The summed E-state index contributed by atoms with van der Waals surface area (Å²) in [6, 6.07) is 10.5. The zero-order valence-corrected chi connectivity index (χ0v) is 44.1. The number of fused-ring (bicyclic) bond motifs is 2. The van der Waals surface area contributed by atoms with Crippen LogP contribution in [-0.4, -0.2) is 98.3 Å². The first-order chi connectivity index (χ1) is 35.0. The molecule has 7 unspecified atom stereocenters. The molecular formula is C56H84N4O11S. The standard InChI is InChI=1S/C56H84N4O11S/c1-5-8-9-10-11-12-13-14-15-19-32-57-55(64)69-44-28-31-50-48(39-44)53-46(24-17-21-35-62)42(23-16-20-34-61)38-47-49(59-71-52-25-18-22-37-67-52)40-51(56(70-50,54(47)53)68-36-7-3)60(33-6-2)72(65,66)45-29-26-43(27-30-45)58-41(4)63/h7,26-31,38-39,42,46,51-54,61-62H,3,5-6,8-25,32-37,40H2,1-2,4H3,(H,57,64)(H,58,63). The number of oxime groups is 1. The number of nitrogens with one attached hydrogen (secondary N) is 2. The van der Waals surface area contributed by atoms with Crippen LogP contribution in [-0.2, 0) is 29.1 Å². The lowest BCUT2D eigenvalue weighted by atomic mass is 9.55. The van der Waals surface area contributed by atoms with Crippen molar-refractivity contribution in [3.8, 4) is 11.5 Å². The first kappa shape index (κ1) is 57.0. The number of rotatable bonds is 31. The molecule has 6 rings (SSSR count). The molecule has 16 heteroatoms. The number of hydrogen-bond donors (Lipinski definition) is 4. The quantitative estimate of drug-likeness (QED) is 0.0319. The van der Waals surface area contributed by atoms with Crippen LogP contribution in [0.25, 0.3) is 0 Å². The normalized spacial score (nSPS) is 24.1. The number of ether oxygens (including phenoxy) is 4. The second-order valence-electron chi connectivity index (χ2n) is 20.0. The second-order valence-corrected chi connectivity index (χ2v) is 21.9. The molecule has 2 heterocycles. The van der Waals surface area contributed by atoms with Gasteiger partial charge in [0.2, 0.25) is 28.0 Å². The van der Waals surface area contributed by atoms with Gasteiger partial charge >= 0.3 is 6.09 Å². The zero-order valence-electron chi connectivity index (χ0n) is 43.3. The Bertz CT molecular complexity index is 2200. The van der Waals surface area contributed by atoms with Crippen LogP contribution in [0.2, 0.25) is 0 Å². The maximum absolute atomic E-state index is 15.3. The number of amides is 2. The summed E-state index contributed by atoms with van der Waals surface area (Å²) in [5, 5.41) is 30.6. The van der Waals surface area contributed by atoms with E-state index in [1.807, 2.05) is 13.0 Å². The molecule has 4 aliphatic rings. The molecule has 2 fully saturated rings. The fraction of sp³-hybridized carbons (Fsp3) is 0.661. The third kappa shape index (κ3) is 14.9. The van der Waals surface area contributed by atoms with E-state index in [-0.39, 0.29) is 55.4 Å². The van der Waals surface area contributed by atoms with Crippen LogP contribution in [0.4, 0.5) is 10.5 Å². The van der Waals surface area contributed by atoms with E-state index in [1.54, 1.807) is 30.3 Å². The molecule has 2 aromatic rings. The van der Waals surface area contributed by atoms with Crippen molar-refractivity contribution in [2.45, 2.75) is 185 Å². The first-order valence-electron chi connectivity index (χ1n) is 27.2. The number of unbranched alkanes of at least 4 members (excludes halogenated alkanes) is 11. The van der Waals surface area contributed by atoms with Gasteiger partial charge in [-0.25, -0.2) is 13.2 Å². The summed E-state index contributed by atoms with van der Waals surface area (Å²) in [5.74, 6) is -2.27. The molecule has 1 saturated carbocycles. The Morgan fingerprint density at radius 2 is 1.61 bits per heavy atom. The third-order valence-electron chi connectivity index (χ3n) is 14.6. The number of anilines is 1. The Labute approximate surface area is 429 Å². The van der Waals surface area contributed by atoms with E-state index in [9.17, 15) is 19.8 Å². The molecule has 15 nitrogen and oxygen atoms in total. The highest BCUT2D eigenvalue weighted by Crippen LogP contribution is 2.62. The van der Waals surface area contributed by atoms with Gasteiger partial charge in [0.25, 0.3) is 0 Å². The van der Waals surface area contributed by atoms with Crippen molar-refractivity contribution < 1.29 is 52.0 Å². The topological polar surface area (TPSA) is 195 Å². The van der Waals surface area contributed by atoms with Crippen LogP contribution in [0.5, 0.6) is 11.5 Å². The fourth-order valence-corrected chi connectivity index (χ4v) is 13.0. The van der Waals surface area contributed by atoms with Gasteiger partial charge in [0.1, 0.15) is 11.5 Å². The minimum atomic E-state index is -4.30. The van der Waals surface area contributed by atoms with Gasteiger partial charge in [0, 0.05) is 63.2 Å². The summed E-state index contributed by atoms with van der Waals surface area (Å²) < 4.78 is 58.6. The van der Waals surface area contributed by atoms with Gasteiger partial charge in [-0.15, -0.1) is 6.58 Å². The number of hydrogen-bond acceptors (Lipinski definition) is 12. The molecule has 2 aliphatic carbocycles. The van der Waals surface area contributed by atoms with Crippen molar-refractivity contribution in [3.05, 3.63) is 72.3 Å². The largest absolute Gasteiger partial charge is 0.460 e. The minimum Gasteiger partial charge on any atom is -0.460 e. The van der Waals surface area contributed by atoms with Crippen LogP contribution < -0.4 is 20.1 Å². The van der Waals surface area contributed by atoms with Crippen LogP contribution in [0.3, 0.4) is 0 Å². The maximum Gasteiger partial charge on any atom is 0.412 e. The molecule has 4 N–H and O–H groups in total. The van der Waals surface area contributed by atoms with E-state index in [1.165, 1.54) is 68.3 Å². The van der Waals surface area contributed by atoms with Gasteiger partial charge in [0.15, 0.2) is 0 Å². The smallest absolute Gasteiger partial charge is 0.412 e. The van der Waals surface area contributed by atoms with Crippen molar-refractivity contribution in [1.82, 2.24) is 9.62 Å². The summed E-state index contributed by atoms with van der Waals surface area (Å²) in [5.41, 5.74) is 2.64. The molecule has 7 atom stereocenters. The van der Waals surface area contributed by atoms with Gasteiger partial charge in [-0.2, -0.15) is 4.31 Å². The molecule has 0 aromatic heterocycles. The Kier molecular flexibility index (Phi) is 22.9. The number of allylic oxidation sites excluding steroid dienone is 1. The van der Waals surface area contributed by atoms with Gasteiger partial charge in [-0.1, -0.05) is 102 Å². The van der Waals surface area contributed by atoms with E-state index in [4.69, 9.17) is 28.9 Å². The summed E-state index contributed by atoms with van der Waals surface area (Å²) in [7, 11) is -4.30. The van der Waals surface area contributed by atoms with Crippen LogP contribution >= 0.6 is 0 Å². The molecule has 2 amide bonds. The summed E-state index contributed by atoms with van der Waals surface area (Å²) in [6.45, 7) is 10.9.